The summed E-state index contributed by atoms with van der Waals surface area (Å²) in [5.41, 5.74) is 5.99. The van der Waals surface area contributed by atoms with Gasteiger partial charge in [-0.05, 0) is 0 Å². The maximum absolute atomic E-state index is 12.8. The molecular weight excluding hydrogens is 417 g/mol. The van der Waals surface area contributed by atoms with Gasteiger partial charge in [-0.2, -0.15) is 0 Å². The zero-order valence-electron chi connectivity index (χ0n) is 16.3. The number of hydrogen-bond acceptors (Lipinski definition) is 3. The Morgan fingerprint density at radius 2 is 1.08 bits per heavy atom. The summed E-state index contributed by atoms with van der Waals surface area (Å²) in [7, 11) is 0. The fraction of sp³-hybridized carbons (Fsp3) is 0.952. The summed E-state index contributed by atoms with van der Waals surface area (Å²) >= 11 is -3.14. The van der Waals surface area contributed by atoms with Crippen molar-refractivity contribution >= 4 is 24.8 Å². The van der Waals surface area contributed by atoms with Crippen LogP contribution in [0, 0.1) is 0 Å². The Labute approximate surface area is 159 Å². The van der Waals surface area contributed by atoms with Crippen LogP contribution in [0.2, 0.25) is 11.8 Å². The first-order valence-corrected chi connectivity index (χ1v) is 17.2. The second-order valence-electron chi connectivity index (χ2n) is 9.07. The number of hydrogen-bond donors (Lipinski definition) is 1. The summed E-state index contributed by atoms with van der Waals surface area (Å²) < 4.78 is 9.09. The summed E-state index contributed by atoms with van der Waals surface area (Å²) in [6.07, 6.45) is 20.4. The summed E-state index contributed by atoms with van der Waals surface area (Å²) in [5.74, 6) is -0.0579. The van der Waals surface area contributed by atoms with Gasteiger partial charge < -0.3 is 0 Å². The minimum atomic E-state index is -3.14. The second kappa shape index (κ2) is 9.43. The molecule has 3 nitrogen and oxygen atoms in total. The predicted octanol–water partition coefficient (Wildman–Crippen LogP) is 5.83. The van der Waals surface area contributed by atoms with Crippen LogP contribution in [0.4, 0.5) is 0 Å². The molecule has 0 bridgehead atoms. The molecule has 0 unspecified atom stereocenters. The third-order valence-electron chi connectivity index (χ3n) is 7.38. The molecule has 4 heteroatoms. The molecule has 0 aromatic carbocycles. The fourth-order valence-electron chi connectivity index (χ4n) is 6.18. The van der Waals surface area contributed by atoms with Gasteiger partial charge in [0.05, 0.1) is 0 Å². The summed E-state index contributed by atoms with van der Waals surface area (Å²) in [6, 6.07) is -0.452. The van der Waals surface area contributed by atoms with Crippen LogP contribution in [0.3, 0.4) is 0 Å². The Morgan fingerprint density at radius 3 is 1.36 bits per heavy atom. The molecule has 0 spiro atoms. The molecule has 3 aliphatic rings. The molecule has 0 amide bonds. The van der Waals surface area contributed by atoms with Crippen LogP contribution in [-0.2, 0) is 7.87 Å². The van der Waals surface area contributed by atoms with Gasteiger partial charge in [0.15, 0.2) is 0 Å². The predicted molar refractivity (Wildman–Crippen MR) is 106 cm³/mol. The molecule has 3 rings (SSSR count). The molecule has 0 radical (unpaired) electrons. The first kappa shape index (κ1) is 20.0. The topological polar surface area (TPSA) is 52.3 Å². The van der Waals surface area contributed by atoms with Crippen molar-refractivity contribution in [1.82, 2.24) is 0 Å². The van der Waals surface area contributed by atoms with E-state index in [2.05, 4.69) is 0 Å². The Kier molecular flexibility index (Phi) is 7.54. The Hall–Kier alpha value is 0.229. The van der Waals surface area contributed by atoms with Gasteiger partial charge in [-0.1, -0.05) is 0 Å². The summed E-state index contributed by atoms with van der Waals surface area (Å²) in [4.78, 5) is 12.8. The zero-order chi connectivity index (χ0) is 17.7. The van der Waals surface area contributed by atoms with E-state index in [4.69, 9.17) is 8.81 Å². The van der Waals surface area contributed by atoms with Crippen LogP contribution < -0.4 is 5.73 Å². The van der Waals surface area contributed by atoms with Crippen molar-refractivity contribution in [2.45, 2.75) is 121 Å². The van der Waals surface area contributed by atoms with Crippen molar-refractivity contribution in [2.75, 3.05) is 0 Å². The van der Waals surface area contributed by atoms with Crippen molar-refractivity contribution in [3.63, 3.8) is 0 Å². The zero-order valence-corrected chi connectivity index (χ0v) is 19.2. The van der Waals surface area contributed by atoms with Crippen molar-refractivity contribution < 1.29 is 7.87 Å². The summed E-state index contributed by atoms with van der Waals surface area (Å²) in [6.45, 7) is 1.82. The van der Waals surface area contributed by atoms with Crippen LogP contribution in [0.25, 0.3) is 0 Å². The monoisotopic (exact) mass is 457 g/mol. The average Bonchev–Trinajstić information content (AvgIpc) is 2.68. The van der Waals surface area contributed by atoms with E-state index < -0.39 is 24.8 Å². The Balaban J connectivity index is 1.95. The molecular formula is C21H39NO2Sn. The van der Waals surface area contributed by atoms with Gasteiger partial charge in [0, 0.05) is 0 Å². The summed E-state index contributed by atoms with van der Waals surface area (Å²) in [5, 5.41) is 0. The van der Waals surface area contributed by atoms with Gasteiger partial charge in [0.2, 0.25) is 0 Å². The van der Waals surface area contributed by atoms with Crippen molar-refractivity contribution in [3.8, 4) is 0 Å². The van der Waals surface area contributed by atoms with Gasteiger partial charge in [-0.3, -0.25) is 0 Å². The molecule has 0 aromatic rings. The normalized spacial score (nSPS) is 26.3. The van der Waals surface area contributed by atoms with E-state index >= 15 is 0 Å². The standard InChI is InChI=1S/3C6H11.C3H7NO2.Sn/c3*1-2-4-6-5-3-1;1-2(4)3(5)6;/h3*1H,2-6H2;2H,4H2,1H3,(H,5,6);/q;;;;+1/p-1/t;;;2-;/m...1./s1. The molecule has 2 N–H and O–H groups in total. The first-order chi connectivity index (χ1) is 12.1. The van der Waals surface area contributed by atoms with Crippen LogP contribution in [0.1, 0.15) is 103 Å². The minimum absolute atomic E-state index is 0.0579. The van der Waals surface area contributed by atoms with E-state index in [0.717, 1.165) is 11.8 Å². The van der Waals surface area contributed by atoms with Gasteiger partial charge in [-0.25, -0.2) is 0 Å². The molecule has 25 heavy (non-hydrogen) atoms. The number of nitrogens with two attached hydrogens (primary N) is 1. The van der Waals surface area contributed by atoms with E-state index in [1.54, 1.807) is 0 Å². The van der Waals surface area contributed by atoms with Gasteiger partial charge in [0.1, 0.15) is 0 Å². The van der Waals surface area contributed by atoms with E-state index in [1.165, 1.54) is 96.3 Å². The number of rotatable bonds is 5. The molecule has 3 saturated carbocycles. The molecule has 0 aromatic heterocycles. The number of carbonyl (C=O) groups is 1. The molecule has 1 atom stereocenters. The van der Waals surface area contributed by atoms with Gasteiger partial charge >= 0.3 is 159 Å². The third kappa shape index (κ3) is 4.56. The van der Waals surface area contributed by atoms with E-state index in [-0.39, 0.29) is 5.97 Å². The van der Waals surface area contributed by atoms with Crippen LogP contribution in [-0.4, -0.2) is 30.8 Å². The molecule has 3 aliphatic carbocycles. The van der Waals surface area contributed by atoms with Crippen LogP contribution in [0.15, 0.2) is 0 Å². The maximum atomic E-state index is 12.8. The molecule has 0 aliphatic heterocycles. The van der Waals surface area contributed by atoms with Crippen LogP contribution in [0.5, 0.6) is 0 Å². The van der Waals surface area contributed by atoms with E-state index in [9.17, 15) is 4.79 Å². The molecule has 0 heterocycles. The Bertz CT molecular complexity index is 376. The SMILES string of the molecule is C[C@@H](N)C(=O)[O][Sn]([CH]1CCCCC1)([CH]1CCCCC1)[CH]1CCCCC1. The van der Waals surface area contributed by atoms with Gasteiger partial charge in [0.25, 0.3) is 0 Å². The van der Waals surface area contributed by atoms with Crippen molar-refractivity contribution in [3.05, 3.63) is 0 Å². The molecule has 144 valence electrons. The second-order valence-corrected chi connectivity index (χ2v) is 21.5. The first-order valence-electron chi connectivity index (χ1n) is 11.1. The quantitative estimate of drug-likeness (QED) is 0.530. The molecule has 3 fully saturated rings. The average molecular weight is 456 g/mol. The number of carbonyl (C=O) groups excluding carboxylic acids is 1. The van der Waals surface area contributed by atoms with E-state index in [1.807, 2.05) is 6.92 Å². The van der Waals surface area contributed by atoms with Gasteiger partial charge in [-0.15, -0.1) is 0 Å². The van der Waals surface area contributed by atoms with Crippen molar-refractivity contribution in [2.24, 2.45) is 5.73 Å². The Morgan fingerprint density at radius 1 is 0.760 bits per heavy atom. The molecule has 0 saturated heterocycles. The van der Waals surface area contributed by atoms with E-state index in [0.29, 0.717) is 0 Å². The third-order valence-corrected chi connectivity index (χ3v) is 24.8. The van der Waals surface area contributed by atoms with Crippen LogP contribution >= 0.6 is 0 Å². The van der Waals surface area contributed by atoms with Crippen molar-refractivity contribution in [1.29, 1.82) is 0 Å². The fourth-order valence-corrected chi connectivity index (χ4v) is 26.1.